The van der Waals surface area contributed by atoms with Gasteiger partial charge in [0.15, 0.2) is 5.78 Å². The molecule has 2 heterocycles. The third-order valence-electron chi connectivity index (χ3n) is 4.84. The van der Waals surface area contributed by atoms with Crippen molar-refractivity contribution >= 4 is 34.2 Å². The molecule has 1 aromatic carbocycles. The van der Waals surface area contributed by atoms with E-state index < -0.39 is 0 Å². The zero-order valence-electron chi connectivity index (χ0n) is 16.9. The van der Waals surface area contributed by atoms with Crippen LogP contribution in [0.4, 0.5) is 0 Å². The molecule has 1 amide bonds. The third kappa shape index (κ3) is 4.10. The number of nitrogens with zero attached hydrogens (tertiary/aromatic N) is 2. The van der Waals surface area contributed by atoms with Gasteiger partial charge in [-0.3, -0.25) is 14.4 Å². The highest BCUT2D eigenvalue weighted by atomic mass is 35.5. The van der Waals surface area contributed by atoms with Gasteiger partial charge in [0.2, 0.25) is 0 Å². The summed E-state index contributed by atoms with van der Waals surface area (Å²) in [6, 6.07) is 4.88. The second-order valence-corrected chi connectivity index (χ2v) is 7.52. The third-order valence-corrected chi connectivity index (χ3v) is 5.08. The molecular formula is C21H23ClN4O3. The van der Waals surface area contributed by atoms with Gasteiger partial charge in [-0.15, -0.1) is 0 Å². The quantitative estimate of drug-likeness (QED) is 0.599. The first-order chi connectivity index (χ1) is 13.7. The molecule has 3 aromatic rings. The van der Waals surface area contributed by atoms with Gasteiger partial charge >= 0.3 is 0 Å². The average Bonchev–Trinajstić information content (AvgIpc) is 2.94. The van der Waals surface area contributed by atoms with E-state index in [0.29, 0.717) is 50.8 Å². The summed E-state index contributed by atoms with van der Waals surface area (Å²) < 4.78 is 0. The Labute approximate surface area is 173 Å². The molecule has 2 aromatic heterocycles. The van der Waals surface area contributed by atoms with E-state index in [1.165, 1.54) is 6.92 Å². The molecule has 8 heteroatoms. The van der Waals surface area contributed by atoms with Crippen molar-refractivity contribution in [3.8, 4) is 0 Å². The number of H-pyrrole nitrogens is 2. The van der Waals surface area contributed by atoms with Gasteiger partial charge in [-0.25, -0.2) is 4.98 Å². The van der Waals surface area contributed by atoms with Crippen molar-refractivity contribution in [3.63, 3.8) is 0 Å². The van der Waals surface area contributed by atoms with Gasteiger partial charge in [0.1, 0.15) is 11.5 Å². The lowest BCUT2D eigenvalue weighted by Crippen LogP contribution is -2.33. The lowest BCUT2D eigenvalue weighted by atomic mass is 10.1. The molecule has 0 aliphatic carbocycles. The number of carbonyl (C=O) groups is 2. The number of aromatic nitrogens is 3. The normalized spacial score (nSPS) is 11.1. The zero-order valence-corrected chi connectivity index (χ0v) is 17.6. The van der Waals surface area contributed by atoms with Gasteiger partial charge < -0.3 is 14.9 Å². The van der Waals surface area contributed by atoms with Crippen LogP contribution in [0, 0.1) is 13.8 Å². The number of halogens is 1. The number of carbonyl (C=O) groups excluding carboxylic acids is 2. The van der Waals surface area contributed by atoms with Crippen molar-refractivity contribution in [3.05, 3.63) is 61.9 Å². The molecule has 0 saturated carbocycles. The lowest BCUT2D eigenvalue weighted by Gasteiger charge is -2.21. The minimum Gasteiger partial charge on any atom is -0.354 e. The number of ketones is 1. The number of aromatic amines is 2. The van der Waals surface area contributed by atoms with E-state index in [1.807, 2.05) is 6.92 Å². The standard InChI is InChI=1S/C21H23ClN4O3/c1-5-8-26(21(29)19-11(2)18(13(4)27)12(3)23-19)10-17-24-16-9-14(22)6-7-15(16)20(28)25-17/h6-7,9,23H,5,8,10H2,1-4H3,(H,24,25,28). The van der Waals surface area contributed by atoms with Gasteiger partial charge in [-0.1, -0.05) is 18.5 Å². The van der Waals surface area contributed by atoms with Gasteiger partial charge in [0, 0.05) is 22.8 Å². The van der Waals surface area contributed by atoms with Crippen molar-refractivity contribution in [2.75, 3.05) is 6.54 Å². The van der Waals surface area contributed by atoms with Gasteiger partial charge in [-0.05, 0) is 51.0 Å². The monoisotopic (exact) mass is 414 g/mol. The molecule has 0 saturated heterocycles. The Kier molecular flexibility index (Phi) is 5.88. The Hall–Kier alpha value is -2.93. The number of Topliss-reactive ketones (excluding diaryl/α,β-unsaturated/α-hetero) is 1. The molecule has 0 aliphatic rings. The molecule has 0 spiro atoms. The Morgan fingerprint density at radius 3 is 2.55 bits per heavy atom. The van der Waals surface area contributed by atoms with Crippen molar-refractivity contribution in [2.24, 2.45) is 0 Å². The van der Waals surface area contributed by atoms with Crippen molar-refractivity contribution in [1.82, 2.24) is 19.9 Å². The summed E-state index contributed by atoms with van der Waals surface area (Å²) in [6.07, 6.45) is 0.730. The molecule has 3 rings (SSSR count). The summed E-state index contributed by atoms with van der Waals surface area (Å²) in [5, 5.41) is 0.922. The molecule has 152 valence electrons. The fourth-order valence-corrected chi connectivity index (χ4v) is 3.76. The van der Waals surface area contributed by atoms with E-state index in [9.17, 15) is 14.4 Å². The maximum Gasteiger partial charge on any atom is 0.270 e. The number of benzene rings is 1. The predicted molar refractivity (Wildman–Crippen MR) is 113 cm³/mol. The van der Waals surface area contributed by atoms with E-state index in [1.54, 1.807) is 36.9 Å². The Morgan fingerprint density at radius 2 is 1.93 bits per heavy atom. The highest BCUT2D eigenvalue weighted by Crippen LogP contribution is 2.21. The molecule has 7 nitrogen and oxygen atoms in total. The number of nitrogens with one attached hydrogen (secondary N) is 2. The maximum absolute atomic E-state index is 13.2. The highest BCUT2D eigenvalue weighted by Gasteiger charge is 2.24. The zero-order chi connectivity index (χ0) is 21.3. The van der Waals surface area contributed by atoms with E-state index in [2.05, 4.69) is 15.0 Å². The van der Waals surface area contributed by atoms with Crippen LogP contribution in [0.3, 0.4) is 0 Å². The molecule has 29 heavy (non-hydrogen) atoms. The van der Waals surface area contributed by atoms with Gasteiger partial charge in [0.05, 0.1) is 17.4 Å². The van der Waals surface area contributed by atoms with Crippen LogP contribution in [-0.2, 0) is 6.54 Å². The number of amides is 1. The fourth-order valence-electron chi connectivity index (χ4n) is 3.59. The number of aryl methyl sites for hydroxylation is 1. The summed E-state index contributed by atoms with van der Waals surface area (Å²) in [4.78, 5) is 49.3. The molecule has 0 atom stereocenters. The second-order valence-electron chi connectivity index (χ2n) is 7.08. The predicted octanol–water partition coefficient (Wildman–Crippen LogP) is 3.78. The van der Waals surface area contributed by atoms with E-state index >= 15 is 0 Å². The Balaban J connectivity index is 1.98. The van der Waals surface area contributed by atoms with Crippen LogP contribution in [0.2, 0.25) is 5.02 Å². The van der Waals surface area contributed by atoms with Crippen LogP contribution in [-0.4, -0.2) is 38.1 Å². The van der Waals surface area contributed by atoms with E-state index in [-0.39, 0.29) is 23.8 Å². The number of hydrogen-bond donors (Lipinski definition) is 2. The molecule has 0 bridgehead atoms. The fraction of sp³-hybridized carbons (Fsp3) is 0.333. The van der Waals surface area contributed by atoms with Crippen LogP contribution in [0.25, 0.3) is 10.9 Å². The smallest absolute Gasteiger partial charge is 0.270 e. The largest absolute Gasteiger partial charge is 0.354 e. The average molecular weight is 415 g/mol. The SMILES string of the molecule is CCCN(Cc1nc2cc(Cl)ccc2c(=O)[nH]1)C(=O)c1[nH]c(C)c(C(C)=O)c1C. The van der Waals surface area contributed by atoms with Crippen LogP contribution in [0.15, 0.2) is 23.0 Å². The summed E-state index contributed by atoms with van der Waals surface area (Å²) >= 11 is 6.02. The van der Waals surface area contributed by atoms with Crippen LogP contribution in [0.1, 0.15) is 58.2 Å². The minimum atomic E-state index is -0.281. The first-order valence-electron chi connectivity index (χ1n) is 9.40. The molecule has 0 unspecified atom stereocenters. The maximum atomic E-state index is 13.2. The molecule has 0 fully saturated rings. The lowest BCUT2D eigenvalue weighted by molar-refractivity contribution is 0.0732. The van der Waals surface area contributed by atoms with E-state index in [0.717, 1.165) is 6.42 Å². The first kappa shape index (κ1) is 20.8. The summed E-state index contributed by atoms with van der Waals surface area (Å²) in [7, 11) is 0. The summed E-state index contributed by atoms with van der Waals surface area (Å²) in [5.41, 5.74) is 2.42. The molecular weight excluding hydrogens is 392 g/mol. The van der Waals surface area contributed by atoms with Gasteiger partial charge in [0.25, 0.3) is 11.5 Å². The summed E-state index contributed by atoms with van der Waals surface area (Å²) in [5.74, 6) is 0.0443. The van der Waals surface area contributed by atoms with Crippen LogP contribution < -0.4 is 5.56 Å². The molecule has 0 aliphatic heterocycles. The van der Waals surface area contributed by atoms with Gasteiger partial charge in [-0.2, -0.15) is 0 Å². The minimum absolute atomic E-state index is 0.0882. The number of rotatable bonds is 6. The van der Waals surface area contributed by atoms with Crippen molar-refractivity contribution in [2.45, 2.75) is 40.7 Å². The molecule has 2 N–H and O–H groups in total. The Bertz CT molecular complexity index is 1160. The Morgan fingerprint density at radius 1 is 1.21 bits per heavy atom. The first-order valence-corrected chi connectivity index (χ1v) is 9.78. The second kappa shape index (κ2) is 8.21. The highest BCUT2D eigenvalue weighted by molar-refractivity contribution is 6.31. The van der Waals surface area contributed by atoms with E-state index in [4.69, 9.17) is 11.6 Å². The topological polar surface area (TPSA) is 98.9 Å². The molecule has 0 radical (unpaired) electrons. The summed E-state index contributed by atoms with van der Waals surface area (Å²) in [6.45, 7) is 7.59. The van der Waals surface area contributed by atoms with Crippen molar-refractivity contribution in [1.29, 1.82) is 0 Å². The van der Waals surface area contributed by atoms with Crippen LogP contribution in [0.5, 0.6) is 0 Å². The number of fused-ring (bicyclic) bond motifs is 1. The van der Waals surface area contributed by atoms with Crippen LogP contribution >= 0.6 is 11.6 Å². The van der Waals surface area contributed by atoms with Crippen molar-refractivity contribution < 1.29 is 9.59 Å². The number of hydrogen-bond acceptors (Lipinski definition) is 4.